The maximum absolute atomic E-state index is 7.41. The van der Waals surface area contributed by atoms with Crippen molar-refractivity contribution in [3.63, 3.8) is 0 Å². The molecule has 2 rings (SSSR count). The van der Waals surface area contributed by atoms with Gasteiger partial charge in [0.2, 0.25) is 0 Å². The fourth-order valence-electron chi connectivity index (χ4n) is 2.13. The number of hydrogen-bond acceptors (Lipinski definition) is 2. The second-order valence-electron chi connectivity index (χ2n) is 5.16. The summed E-state index contributed by atoms with van der Waals surface area (Å²) in [5.74, 6) is 0.913. The number of halogens is 1. The van der Waals surface area contributed by atoms with Gasteiger partial charge in [-0.1, -0.05) is 35.9 Å². The largest absolute Gasteiger partial charge is 0.488 e. The first-order valence-electron chi connectivity index (χ1n) is 6.72. The lowest BCUT2D eigenvalue weighted by molar-refractivity contribution is 0.302. The molecule has 0 aliphatic heterocycles. The Hall–Kier alpha value is -2.00. The van der Waals surface area contributed by atoms with Crippen LogP contribution in [0.2, 0.25) is 5.02 Å². The van der Waals surface area contributed by atoms with Crippen molar-refractivity contribution in [2.45, 2.75) is 27.4 Å². The van der Waals surface area contributed by atoms with Crippen LogP contribution in [0.3, 0.4) is 0 Å². The van der Waals surface area contributed by atoms with Crippen molar-refractivity contribution in [1.82, 2.24) is 0 Å². The van der Waals surface area contributed by atoms with Crippen LogP contribution in [-0.2, 0) is 6.61 Å². The molecule has 2 aromatic carbocycles. The number of aryl methyl sites for hydroxylation is 2. The molecule has 0 radical (unpaired) electrons. The highest BCUT2D eigenvalue weighted by Gasteiger charge is 2.09. The smallest absolute Gasteiger partial charge is 0.125 e. The molecule has 4 heteroatoms. The van der Waals surface area contributed by atoms with Crippen molar-refractivity contribution in [2.24, 2.45) is 5.73 Å². The van der Waals surface area contributed by atoms with Crippen LogP contribution in [0.5, 0.6) is 5.75 Å². The first kappa shape index (κ1) is 15.4. The molecule has 0 unspecified atom stereocenters. The van der Waals surface area contributed by atoms with Gasteiger partial charge in [0.1, 0.15) is 18.2 Å². The summed E-state index contributed by atoms with van der Waals surface area (Å²) in [6.45, 7) is 6.54. The van der Waals surface area contributed by atoms with Gasteiger partial charge in [-0.25, -0.2) is 0 Å². The summed E-state index contributed by atoms with van der Waals surface area (Å²) < 4.78 is 5.95. The molecule has 0 bridgehead atoms. The van der Waals surface area contributed by atoms with Crippen LogP contribution in [0.4, 0.5) is 0 Å². The molecule has 0 aliphatic rings. The number of hydrogen-bond donors (Lipinski definition) is 2. The lowest BCUT2D eigenvalue weighted by Gasteiger charge is -2.15. The predicted molar refractivity (Wildman–Crippen MR) is 87.5 cm³/mol. The van der Waals surface area contributed by atoms with E-state index in [2.05, 4.69) is 26.0 Å². The normalized spacial score (nSPS) is 10.5. The molecule has 0 saturated heterocycles. The molecular weight excluding hydrogens is 284 g/mol. The van der Waals surface area contributed by atoms with E-state index in [9.17, 15) is 0 Å². The van der Waals surface area contributed by atoms with Crippen LogP contribution in [0.15, 0.2) is 30.3 Å². The molecule has 0 heterocycles. The van der Waals surface area contributed by atoms with Gasteiger partial charge in [0.15, 0.2) is 0 Å². The van der Waals surface area contributed by atoms with E-state index >= 15 is 0 Å². The molecular formula is C17H19ClN2O. The Balaban J connectivity index is 2.21. The monoisotopic (exact) mass is 302 g/mol. The van der Waals surface area contributed by atoms with Crippen molar-refractivity contribution in [1.29, 1.82) is 5.41 Å². The minimum atomic E-state index is 0.00902. The van der Waals surface area contributed by atoms with Crippen LogP contribution in [0.1, 0.15) is 27.8 Å². The summed E-state index contributed by atoms with van der Waals surface area (Å²) in [7, 11) is 0. The topological polar surface area (TPSA) is 59.1 Å². The molecule has 0 spiro atoms. The number of nitrogens with two attached hydrogens (primary N) is 1. The zero-order valence-electron chi connectivity index (χ0n) is 12.5. The van der Waals surface area contributed by atoms with Gasteiger partial charge < -0.3 is 10.5 Å². The minimum absolute atomic E-state index is 0.00902. The zero-order chi connectivity index (χ0) is 15.6. The number of nitrogens with one attached hydrogen (secondary N) is 1. The Morgan fingerprint density at radius 1 is 1.14 bits per heavy atom. The molecule has 0 atom stereocenters. The van der Waals surface area contributed by atoms with E-state index in [0.29, 0.717) is 17.2 Å². The van der Waals surface area contributed by atoms with Crippen LogP contribution in [-0.4, -0.2) is 5.84 Å². The van der Waals surface area contributed by atoms with Gasteiger partial charge in [-0.05, 0) is 43.5 Å². The van der Waals surface area contributed by atoms with Crippen LogP contribution < -0.4 is 10.5 Å². The fraction of sp³-hybridized carbons (Fsp3) is 0.235. The summed E-state index contributed by atoms with van der Waals surface area (Å²) in [4.78, 5) is 0. The van der Waals surface area contributed by atoms with Gasteiger partial charge in [0.05, 0.1) is 0 Å². The summed E-state index contributed by atoms with van der Waals surface area (Å²) >= 11 is 6.22. The SMILES string of the molecule is Cc1ccc(C)c(OCc2ccc(C(=N)N)cc2Cl)c1C. The number of nitrogen functional groups attached to an aromatic ring is 1. The number of ether oxygens (including phenoxy) is 1. The summed E-state index contributed by atoms with van der Waals surface area (Å²) in [6.07, 6.45) is 0. The predicted octanol–water partition coefficient (Wildman–Crippen LogP) is 4.13. The van der Waals surface area contributed by atoms with E-state index in [1.807, 2.05) is 13.0 Å². The number of rotatable bonds is 4. The van der Waals surface area contributed by atoms with Crippen LogP contribution >= 0.6 is 11.6 Å². The summed E-state index contributed by atoms with van der Waals surface area (Å²) in [5.41, 5.74) is 10.4. The van der Waals surface area contributed by atoms with Crippen LogP contribution in [0.25, 0.3) is 0 Å². The highest BCUT2D eigenvalue weighted by molar-refractivity contribution is 6.31. The Morgan fingerprint density at radius 3 is 2.43 bits per heavy atom. The second kappa shape index (κ2) is 6.19. The van der Waals surface area contributed by atoms with E-state index in [4.69, 9.17) is 27.5 Å². The maximum atomic E-state index is 7.41. The molecule has 110 valence electrons. The Kier molecular flexibility index (Phi) is 4.53. The molecule has 21 heavy (non-hydrogen) atoms. The average Bonchev–Trinajstić information content (AvgIpc) is 2.44. The standard InChI is InChI=1S/C17H19ClN2O/c1-10-4-5-11(2)16(12(10)3)21-9-14-7-6-13(17(19)20)8-15(14)18/h4-8H,9H2,1-3H3,(H3,19,20). The number of benzene rings is 2. The van der Waals surface area contributed by atoms with E-state index < -0.39 is 0 Å². The van der Waals surface area contributed by atoms with E-state index in [1.165, 1.54) is 5.56 Å². The molecule has 0 aromatic heterocycles. The lowest BCUT2D eigenvalue weighted by Crippen LogP contribution is -2.11. The van der Waals surface area contributed by atoms with Gasteiger partial charge in [0, 0.05) is 16.1 Å². The summed E-state index contributed by atoms with van der Waals surface area (Å²) in [5, 5.41) is 7.97. The van der Waals surface area contributed by atoms with E-state index in [-0.39, 0.29) is 5.84 Å². The summed E-state index contributed by atoms with van der Waals surface area (Å²) in [6, 6.07) is 9.46. The molecule has 3 N–H and O–H groups in total. The first-order valence-corrected chi connectivity index (χ1v) is 7.10. The van der Waals surface area contributed by atoms with Gasteiger partial charge >= 0.3 is 0 Å². The van der Waals surface area contributed by atoms with Gasteiger partial charge in [-0.15, -0.1) is 0 Å². The zero-order valence-corrected chi connectivity index (χ0v) is 13.2. The molecule has 0 amide bonds. The molecule has 2 aromatic rings. The van der Waals surface area contributed by atoms with Crippen molar-refractivity contribution in [2.75, 3.05) is 0 Å². The highest BCUT2D eigenvalue weighted by Crippen LogP contribution is 2.27. The number of amidine groups is 1. The average molecular weight is 303 g/mol. The van der Waals surface area contributed by atoms with Crippen molar-refractivity contribution in [3.8, 4) is 5.75 Å². The molecule has 0 aliphatic carbocycles. The lowest BCUT2D eigenvalue weighted by atomic mass is 10.1. The Labute approximate surface area is 130 Å². The van der Waals surface area contributed by atoms with Gasteiger partial charge in [0.25, 0.3) is 0 Å². The third-order valence-corrected chi connectivity index (χ3v) is 3.96. The Bertz CT molecular complexity index is 695. The highest BCUT2D eigenvalue weighted by atomic mass is 35.5. The van der Waals surface area contributed by atoms with E-state index in [1.54, 1.807) is 12.1 Å². The third-order valence-electron chi connectivity index (χ3n) is 3.61. The van der Waals surface area contributed by atoms with Crippen molar-refractivity contribution >= 4 is 17.4 Å². The minimum Gasteiger partial charge on any atom is -0.488 e. The quantitative estimate of drug-likeness (QED) is 0.659. The third kappa shape index (κ3) is 3.37. The van der Waals surface area contributed by atoms with Gasteiger partial charge in [-0.3, -0.25) is 5.41 Å². The molecule has 0 saturated carbocycles. The molecule has 3 nitrogen and oxygen atoms in total. The Morgan fingerprint density at radius 2 is 1.81 bits per heavy atom. The van der Waals surface area contributed by atoms with Crippen molar-refractivity contribution < 1.29 is 4.74 Å². The second-order valence-corrected chi connectivity index (χ2v) is 5.57. The fourth-order valence-corrected chi connectivity index (χ4v) is 2.36. The van der Waals surface area contributed by atoms with Gasteiger partial charge in [-0.2, -0.15) is 0 Å². The molecule has 0 fully saturated rings. The van der Waals surface area contributed by atoms with E-state index in [0.717, 1.165) is 22.4 Å². The van der Waals surface area contributed by atoms with Crippen molar-refractivity contribution in [3.05, 3.63) is 63.2 Å². The first-order chi connectivity index (χ1) is 9.90. The van der Waals surface area contributed by atoms with Crippen LogP contribution in [0, 0.1) is 26.2 Å². The maximum Gasteiger partial charge on any atom is 0.125 e.